The van der Waals surface area contributed by atoms with Gasteiger partial charge >= 0.3 is 5.91 Å². The van der Waals surface area contributed by atoms with Gasteiger partial charge in [0.1, 0.15) is 0 Å². The fraction of sp³-hybridized carbons (Fsp3) is 0. The van der Waals surface area contributed by atoms with Crippen LogP contribution in [-0.4, -0.2) is 17.9 Å². The lowest BCUT2D eigenvalue weighted by Gasteiger charge is -2.08. The highest BCUT2D eigenvalue weighted by atomic mass is 16.2. The molecule has 4 heteroatoms. The van der Waals surface area contributed by atoms with Crippen LogP contribution in [0.25, 0.3) is 0 Å². The number of carbonyl (C=O) groups is 2. The minimum absolute atomic E-state index is 0.401. The Bertz CT molecular complexity index is 678. The van der Waals surface area contributed by atoms with Crippen molar-refractivity contribution in [2.75, 3.05) is 5.01 Å². The van der Waals surface area contributed by atoms with Gasteiger partial charge in [-0.25, -0.2) is 0 Å². The van der Waals surface area contributed by atoms with Gasteiger partial charge in [0.2, 0.25) is 0 Å². The maximum absolute atomic E-state index is 11.8. The van der Waals surface area contributed by atoms with Crippen molar-refractivity contribution in [2.24, 2.45) is 5.10 Å². The van der Waals surface area contributed by atoms with Crippen molar-refractivity contribution < 1.29 is 9.59 Å². The number of benzene rings is 2. The van der Waals surface area contributed by atoms with Gasteiger partial charge in [0.25, 0.3) is 5.78 Å². The number of carbonyl (C=O) groups excluding carboxylic acids is 2. The van der Waals surface area contributed by atoms with Crippen LogP contribution in [-0.2, 0) is 4.79 Å². The number of hydrogen-bond acceptors (Lipinski definition) is 3. The van der Waals surface area contributed by atoms with Crippen molar-refractivity contribution >= 4 is 23.6 Å². The van der Waals surface area contributed by atoms with Gasteiger partial charge in [0.15, 0.2) is 0 Å². The quantitative estimate of drug-likeness (QED) is 0.606. The van der Waals surface area contributed by atoms with Crippen LogP contribution in [0.15, 0.2) is 59.7 Å². The summed E-state index contributed by atoms with van der Waals surface area (Å²) in [6.07, 6.45) is 1.56. The smallest absolute Gasteiger partial charge is 0.283 e. The molecule has 0 unspecified atom stereocenters. The van der Waals surface area contributed by atoms with Crippen molar-refractivity contribution in [3.05, 3.63) is 65.7 Å². The molecule has 2 aromatic carbocycles. The molecular weight excluding hydrogens is 240 g/mol. The molecule has 0 N–H and O–H groups in total. The molecule has 0 aromatic heterocycles. The van der Waals surface area contributed by atoms with Gasteiger partial charge < -0.3 is 0 Å². The molecule has 19 heavy (non-hydrogen) atoms. The van der Waals surface area contributed by atoms with Crippen LogP contribution in [0.2, 0.25) is 0 Å². The van der Waals surface area contributed by atoms with Crippen LogP contribution in [0.5, 0.6) is 0 Å². The Balaban J connectivity index is 1.96. The molecule has 0 radical (unpaired) electrons. The third kappa shape index (κ3) is 1.93. The van der Waals surface area contributed by atoms with E-state index in [0.29, 0.717) is 11.3 Å². The molecule has 2 aromatic rings. The lowest BCUT2D eigenvalue weighted by Crippen LogP contribution is -2.24. The van der Waals surface area contributed by atoms with Gasteiger partial charge in [0, 0.05) is 0 Å². The third-order valence-electron chi connectivity index (χ3n) is 2.89. The lowest BCUT2D eigenvalue weighted by molar-refractivity contribution is -0.114. The predicted molar refractivity (Wildman–Crippen MR) is 72.3 cm³/mol. The number of rotatable bonds is 2. The molecule has 0 saturated heterocycles. The highest BCUT2D eigenvalue weighted by molar-refractivity contribution is 6.52. The maximum Gasteiger partial charge on any atom is 0.319 e. The first-order valence-corrected chi connectivity index (χ1v) is 5.84. The molecule has 0 spiro atoms. The average Bonchev–Trinajstić information content (AvgIpc) is 2.71. The van der Waals surface area contributed by atoms with Crippen molar-refractivity contribution in [3.63, 3.8) is 0 Å². The first-order valence-electron chi connectivity index (χ1n) is 5.84. The van der Waals surface area contributed by atoms with Crippen molar-refractivity contribution in [1.82, 2.24) is 0 Å². The fourth-order valence-corrected chi connectivity index (χ4v) is 1.95. The van der Waals surface area contributed by atoms with Crippen LogP contribution in [0.4, 0.5) is 5.69 Å². The Morgan fingerprint density at radius 1 is 0.895 bits per heavy atom. The summed E-state index contributed by atoms with van der Waals surface area (Å²) in [5.74, 6) is -1.13. The molecule has 1 aliphatic rings. The van der Waals surface area contributed by atoms with Gasteiger partial charge in [-0.2, -0.15) is 10.1 Å². The Morgan fingerprint density at radius 2 is 1.58 bits per heavy atom. The van der Waals surface area contributed by atoms with Crippen molar-refractivity contribution in [1.29, 1.82) is 0 Å². The monoisotopic (exact) mass is 250 g/mol. The Kier molecular flexibility index (Phi) is 2.68. The van der Waals surface area contributed by atoms with Crippen molar-refractivity contribution in [3.8, 4) is 0 Å². The summed E-state index contributed by atoms with van der Waals surface area (Å²) in [6, 6.07) is 16.3. The van der Waals surface area contributed by atoms with E-state index < -0.39 is 11.7 Å². The van der Waals surface area contributed by atoms with Crippen LogP contribution in [0.1, 0.15) is 15.9 Å². The minimum Gasteiger partial charge on any atom is -0.283 e. The Morgan fingerprint density at radius 3 is 2.37 bits per heavy atom. The van der Waals surface area contributed by atoms with Crippen LogP contribution < -0.4 is 5.01 Å². The Hall–Kier alpha value is -2.75. The van der Waals surface area contributed by atoms with Crippen LogP contribution in [0.3, 0.4) is 0 Å². The van der Waals surface area contributed by atoms with E-state index in [9.17, 15) is 9.59 Å². The number of hydrogen-bond donors (Lipinski definition) is 0. The van der Waals surface area contributed by atoms with Gasteiger partial charge in [-0.15, -0.1) is 0 Å². The minimum atomic E-state index is -0.617. The molecular formula is C15H10N2O2. The highest BCUT2D eigenvalue weighted by Gasteiger charge is 2.35. The molecule has 92 valence electrons. The molecule has 1 heterocycles. The number of hydrazone groups is 1. The largest absolute Gasteiger partial charge is 0.319 e. The molecule has 0 fully saturated rings. The summed E-state index contributed by atoms with van der Waals surface area (Å²) in [5, 5.41) is 5.25. The van der Waals surface area contributed by atoms with E-state index in [2.05, 4.69) is 5.10 Å². The second-order valence-electron chi connectivity index (χ2n) is 4.12. The SMILES string of the molecule is O=C1C(=O)N(/N=C/c2ccccc2)c2ccccc21. The number of ketones is 1. The van der Waals surface area contributed by atoms with E-state index in [0.717, 1.165) is 10.6 Å². The topological polar surface area (TPSA) is 49.7 Å². The molecule has 0 aliphatic carbocycles. The maximum atomic E-state index is 11.8. The number of nitrogens with zero attached hydrogens (tertiary/aromatic N) is 2. The summed E-state index contributed by atoms with van der Waals surface area (Å²) in [6.45, 7) is 0. The molecule has 1 amide bonds. The fourth-order valence-electron chi connectivity index (χ4n) is 1.95. The zero-order valence-corrected chi connectivity index (χ0v) is 9.98. The Labute approximate surface area is 110 Å². The summed E-state index contributed by atoms with van der Waals surface area (Å²) in [7, 11) is 0. The molecule has 0 bridgehead atoms. The number of amides is 1. The van der Waals surface area contributed by atoms with E-state index >= 15 is 0 Å². The van der Waals surface area contributed by atoms with E-state index in [1.807, 2.05) is 30.3 Å². The lowest BCUT2D eigenvalue weighted by atomic mass is 10.1. The number of para-hydroxylation sites is 1. The van der Waals surface area contributed by atoms with E-state index in [1.54, 1.807) is 30.5 Å². The number of anilines is 1. The first-order chi connectivity index (χ1) is 9.27. The zero-order valence-electron chi connectivity index (χ0n) is 9.98. The summed E-state index contributed by atoms with van der Waals surface area (Å²) in [5.41, 5.74) is 1.80. The van der Waals surface area contributed by atoms with Crippen LogP contribution in [0, 0.1) is 0 Å². The van der Waals surface area contributed by atoms with Gasteiger partial charge in [-0.05, 0) is 17.7 Å². The van der Waals surface area contributed by atoms with Gasteiger partial charge in [0.05, 0.1) is 17.5 Å². The molecule has 0 saturated carbocycles. The normalized spacial score (nSPS) is 14.2. The first kappa shape index (κ1) is 11.3. The number of Topliss-reactive ketones (excluding diaryl/α,β-unsaturated/α-hetero) is 1. The summed E-state index contributed by atoms with van der Waals surface area (Å²) < 4.78 is 0. The summed E-state index contributed by atoms with van der Waals surface area (Å²) >= 11 is 0. The molecule has 3 rings (SSSR count). The van der Waals surface area contributed by atoms with E-state index in [4.69, 9.17) is 0 Å². The highest BCUT2D eigenvalue weighted by Crippen LogP contribution is 2.28. The average molecular weight is 250 g/mol. The molecule has 1 aliphatic heterocycles. The molecule has 4 nitrogen and oxygen atoms in total. The van der Waals surface area contributed by atoms with E-state index in [1.165, 1.54) is 0 Å². The summed E-state index contributed by atoms with van der Waals surface area (Å²) in [4.78, 5) is 23.6. The molecule has 0 atom stereocenters. The van der Waals surface area contributed by atoms with E-state index in [-0.39, 0.29) is 0 Å². The van der Waals surface area contributed by atoms with Gasteiger partial charge in [-0.3, -0.25) is 9.59 Å². The standard InChI is InChI=1S/C15H10N2O2/c18-14-12-8-4-5-9-13(12)17(15(14)19)16-10-11-6-2-1-3-7-11/h1-10H/b16-10+. The number of fused-ring (bicyclic) bond motifs is 1. The second kappa shape index (κ2) is 4.49. The zero-order chi connectivity index (χ0) is 13.2. The second-order valence-corrected chi connectivity index (χ2v) is 4.12. The third-order valence-corrected chi connectivity index (χ3v) is 2.89. The van der Waals surface area contributed by atoms with Crippen molar-refractivity contribution in [2.45, 2.75) is 0 Å². The van der Waals surface area contributed by atoms with Crippen LogP contribution >= 0.6 is 0 Å². The van der Waals surface area contributed by atoms with Gasteiger partial charge in [-0.1, -0.05) is 42.5 Å². The predicted octanol–water partition coefficient (Wildman–Crippen LogP) is 2.25.